The average molecular weight is 194 g/mol. The summed E-state index contributed by atoms with van der Waals surface area (Å²) < 4.78 is 0. The second kappa shape index (κ2) is 3.95. The Labute approximate surface area is 80.9 Å². The number of rotatable bonds is 3. The zero-order chi connectivity index (χ0) is 10.7. The molecule has 0 saturated heterocycles. The van der Waals surface area contributed by atoms with Crippen LogP contribution in [0.4, 0.5) is 0 Å². The van der Waals surface area contributed by atoms with Crippen molar-refractivity contribution < 1.29 is 14.7 Å². The lowest BCUT2D eigenvalue weighted by molar-refractivity contribution is -0.131. The molecule has 74 valence electrons. The molecular weight excluding hydrogens is 184 g/mol. The van der Waals surface area contributed by atoms with Gasteiger partial charge in [0.2, 0.25) is 0 Å². The summed E-state index contributed by atoms with van der Waals surface area (Å²) in [5, 5.41) is 8.34. The molecular formula is C9H10N2O3. The van der Waals surface area contributed by atoms with Gasteiger partial charge in [0.05, 0.1) is 0 Å². The molecule has 0 aliphatic carbocycles. The van der Waals surface area contributed by atoms with Crippen LogP contribution in [0.1, 0.15) is 13.8 Å². The van der Waals surface area contributed by atoms with E-state index < -0.39 is 11.9 Å². The number of carboxylic acid groups (broad SMARTS) is 1. The van der Waals surface area contributed by atoms with Crippen LogP contribution in [0.5, 0.6) is 0 Å². The smallest absolute Gasteiger partial charge is 0.328 e. The Kier molecular flexibility index (Phi) is 2.91. The van der Waals surface area contributed by atoms with Gasteiger partial charge in [-0.15, -0.1) is 0 Å². The van der Waals surface area contributed by atoms with E-state index in [4.69, 9.17) is 5.11 Å². The van der Waals surface area contributed by atoms with Gasteiger partial charge in [0.25, 0.3) is 5.91 Å². The molecule has 0 bridgehead atoms. The van der Waals surface area contributed by atoms with Crippen LogP contribution in [0, 0.1) is 5.92 Å². The fourth-order valence-corrected chi connectivity index (χ4v) is 0.875. The molecule has 1 rings (SSSR count). The predicted octanol–water partition coefficient (Wildman–Crippen LogP) is 0.663. The number of aliphatic imine (C=N–C) groups is 2. The Morgan fingerprint density at radius 1 is 1.43 bits per heavy atom. The summed E-state index contributed by atoms with van der Waals surface area (Å²) in [7, 11) is 0. The Morgan fingerprint density at radius 3 is 2.50 bits per heavy atom. The van der Waals surface area contributed by atoms with Gasteiger partial charge in [-0.1, -0.05) is 13.8 Å². The van der Waals surface area contributed by atoms with Crippen molar-refractivity contribution in [2.75, 3.05) is 0 Å². The highest BCUT2D eigenvalue weighted by molar-refractivity contribution is 6.49. The van der Waals surface area contributed by atoms with Gasteiger partial charge in [0.1, 0.15) is 11.5 Å². The first-order valence-corrected chi connectivity index (χ1v) is 4.13. The topological polar surface area (TPSA) is 79.1 Å². The molecule has 0 saturated carbocycles. The van der Waals surface area contributed by atoms with Crippen molar-refractivity contribution in [3.8, 4) is 0 Å². The Morgan fingerprint density at radius 2 is 2.07 bits per heavy atom. The van der Waals surface area contributed by atoms with Crippen LogP contribution >= 0.6 is 0 Å². The number of amides is 1. The van der Waals surface area contributed by atoms with Crippen LogP contribution in [0.3, 0.4) is 0 Å². The minimum Gasteiger partial charge on any atom is -0.478 e. The summed E-state index contributed by atoms with van der Waals surface area (Å²) in [4.78, 5) is 28.9. The second-order valence-electron chi connectivity index (χ2n) is 3.10. The van der Waals surface area contributed by atoms with Gasteiger partial charge in [-0.05, 0) is 6.08 Å². The SMILES string of the molecule is CC(C)C1=NC(=O)C(C=CC(=O)O)=N1. The molecule has 0 aromatic carbocycles. The van der Waals surface area contributed by atoms with Crippen LogP contribution < -0.4 is 0 Å². The molecule has 1 N–H and O–H groups in total. The molecule has 5 heteroatoms. The van der Waals surface area contributed by atoms with E-state index in [-0.39, 0.29) is 11.6 Å². The quantitative estimate of drug-likeness (QED) is 0.670. The largest absolute Gasteiger partial charge is 0.478 e. The first-order valence-electron chi connectivity index (χ1n) is 4.13. The van der Waals surface area contributed by atoms with E-state index in [1.807, 2.05) is 13.8 Å². The lowest BCUT2D eigenvalue weighted by Gasteiger charge is -1.96. The van der Waals surface area contributed by atoms with Gasteiger partial charge < -0.3 is 5.11 Å². The first-order chi connectivity index (χ1) is 6.50. The zero-order valence-electron chi connectivity index (χ0n) is 7.89. The number of carboxylic acids is 1. The van der Waals surface area contributed by atoms with Crippen LogP contribution in [0.25, 0.3) is 0 Å². The van der Waals surface area contributed by atoms with Crippen molar-refractivity contribution in [1.82, 2.24) is 0 Å². The Bertz CT molecular complexity index is 364. The highest BCUT2D eigenvalue weighted by Crippen LogP contribution is 2.07. The molecule has 0 aromatic rings. The summed E-state index contributed by atoms with van der Waals surface area (Å²) >= 11 is 0. The third-order valence-electron chi connectivity index (χ3n) is 1.57. The number of aliphatic carboxylic acids is 1. The summed E-state index contributed by atoms with van der Waals surface area (Å²) in [6.07, 6.45) is 2.03. The van der Waals surface area contributed by atoms with Gasteiger partial charge in [0.15, 0.2) is 0 Å². The van der Waals surface area contributed by atoms with Gasteiger partial charge >= 0.3 is 5.97 Å². The highest BCUT2D eigenvalue weighted by Gasteiger charge is 2.19. The maximum atomic E-state index is 11.1. The maximum absolute atomic E-state index is 11.1. The molecule has 0 unspecified atom stereocenters. The summed E-state index contributed by atoms with van der Waals surface area (Å²) in [6.45, 7) is 3.72. The zero-order valence-corrected chi connectivity index (χ0v) is 7.89. The number of hydrogen-bond acceptors (Lipinski definition) is 3. The molecule has 0 radical (unpaired) electrons. The second-order valence-corrected chi connectivity index (χ2v) is 3.10. The maximum Gasteiger partial charge on any atom is 0.328 e. The van der Waals surface area contributed by atoms with Crippen LogP contribution in [0.15, 0.2) is 22.1 Å². The molecule has 1 amide bonds. The minimum atomic E-state index is -1.11. The van der Waals surface area contributed by atoms with Gasteiger partial charge in [-0.3, -0.25) is 4.79 Å². The lowest BCUT2D eigenvalue weighted by Crippen LogP contribution is -2.04. The number of nitrogens with zero attached hydrogens (tertiary/aromatic N) is 2. The van der Waals surface area contributed by atoms with E-state index >= 15 is 0 Å². The highest BCUT2D eigenvalue weighted by atomic mass is 16.4. The van der Waals surface area contributed by atoms with Crippen LogP contribution in [0.2, 0.25) is 0 Å². The lowest BCUT2D eigenvalue weighted by atomic mass is 10.2. The van der Waals surface area contributed by atoms with E-state index in [0.29, 0.717) is 5.84 Å². The van der Waals surface area contributed by atoms with Crippen molar-refractivity contribution >= 4 is 23.4 Å². The summed E-state index contributed by atoms with van der Waals surface area (Å²) in [6, 6.07) is 0. The molecule has 1 heterocycles. The predicted molar refractivity (Wildman–Crippen MR) is 51.5 cm³/mol. The van der Waals surface area contributed by atoms with Gasteiger partial charge in [0, 0.05) is 12.0 Å². The van der Waals surface area contributed by atoms with Crippen molar-refractivity contribution in [3.63, 3.8) is 0 Å². The fourth-order valence-electron chi connectivity index (χ4n) is 0.875. The molecule has 0 aromatic heterocycles. The number of carbonyl (C=O) groups is 2. The number of amidine groups is 1. The number of hydrogen-bond donors (Lipinski definition) is 1. The molecule has 1 aliphatic rings. The molecule has 1 aliphatic heterocycles. The monoisotopic (exact) mass is 194 g/mol. The Balaban J connectivity index is 2.81. The van der Waals surface area contributed by atoms with Crippen molar-refractivity contribution in [1.29, 1.82) is 0 Å². The molecule has 5 nitrogen and oxygen atoms in total. The first kappa shape index (κ1) is 10.3. The van der Waals surface area contributed by atoms with Crippen LogP contribution in [-0.4, -0.2) is 28.5 Å². The third-order valence-corrected chi connectivity index (χ3v) is 1.57. The normalized spacial score (nSPS) is 16.4. The molecule has 0 spiro atoms. The van der Waals surface area contributed by atoms with E-state index in [0.717, 1.165) is 12.2 Å². The number of carbonyl (C=O) groups excluding carboxylic acids is 1. The van der Waals surface area contributed by atoms with E-state index in [2.05, 4.69) is 9.98 Å². The summed E-state index contributed by atoms with van der Waals surface area (Å²) in [5.74, 6) is -1.08. The van der Waals surface area contributed by atoms with E-state index in [1.54, 1.807) is 0 Å². The van der Waals surface area contributed by atoms with Crippen LogP contribution in [-0.2, 0) is 9.59 Å². The van der Waals surface area contributed by atoms with Gasteiger partial charge in [-0.2, -0.15) is 4.99 Å². The van der Waals surface area contributed by atoms with E-state index in [9.17, 15) is 9.59 Å². The van der Waals surface area contributed by atoms with E-state index in [1.165, 1.54) is 0 Å². The summed E-state index contributed by atoms with van der Waals surface area (Å²) in [5.41, 5.74) is 0.0797. The van der Waals surface area contributed by atoms with Crippen molar-refractivity contribution in [2.24, 2.45) is 15.9 Å². The molecule has 0 fully saturated rings. The average Bonchev–Trinajstić information content (AvgIpc) is 2.43. The third kappa shape index (κ3) is 2.35. The standard InChI is InChI=1S/C9H10N2O3/c1-5(2)8-10-6(9(14)11-8)3-4-7(12)13/h3-5H,1-2H3,(H,12,13). The molecule has 0 atom stereocenters. The Hall–Kier alpha value is -1.78. The van der Waals surface area contributed by atoms with Crippen molar-refractivity contribution in [2.45, 2.75) is 13.8 Å². The minimum absolute atomic E-state index is 0.0645. The van der Waals surface area contributed by atoms with Crippen molar-refractivity contribution in [3.05, 3.63) is 12.2 Å². The van der Waals surface area contributed by atoms with Gasteiger partial charge in [-0.25, -0.2) is 9.79 Å². The molecule has 14 heavy (non-hydrogen) atoms. The fraction of sp³-hybridized carbons (Fsp3) is 0.333.